The fourth-order valence-corrected chi connectivity index (χ4v) is 1.06. The second kappa shape index (κ2) is 5.07. The van der Waals surface area contributed by atoms with Gasteiger partial charge in [0, 0.05) is 0 Å². The maximum atomic E-state index is 1.50. The molecule has 0 nitrogen and oxygen atoms in total. The zero-order valence-corrected chi connectivity index (χ0v) is 10.4. The molecule has 0 saturated heterocycles. The molecule has 0 amide bonds. The van der Waals surface area contributed by atoms with Crippen LogP contribution in [-0.4, -0.2) is 27.3 Å². The van der Waals surface area contributed by atoms with Gasteiger partial charge in [-0.3, -0.25) is 0 Å². The van der Waals surface area contributed by atoms with Crippen LogP contribution < -0.4 is 0 Å². The molecule has 1 aliphatic carbocycles. The number of hydrogen-bond donors (Lipinski definition) is 0. The van der Waals surface area contributed by atoms with Crippen molar-refractivity contribution in [1.82, 2.24) is 0 Å². The molecule has 0 aromatic heterocycles. The standard InChI is InChI=1S/C6H12.Pb.2H/c1-2-4-6-5-3-1;;;/h1-6H2;;;. The van der Waals surface area contributed by atoms with E-state index in [2.05, 4.69) is 0 Å². The van der Waals surface area contributed by atoms with E-state index in [4.69, 9.17) is 0 Å². The molecule has 42 valence electrons. The fourth-order valence-electron chi connectivity index (χ4n) is 1.06. The van der Waals surface area contributed by atoms with Crippen molar-refractivity contribution >= 4 is 27.3 Å². The number of hydrogen-bond acceptors (Lipinski definition) is 0. The zero-order chi connectivity index (χ0) is 4.24. The summed E-state index contributed by atoms with van der Waals surface area (Å²) in [6, 6.07) is 0. The summed E-state index contributed by atoms with van der Waals surface area (Å²) < 4.78 is 0. The third-order valence-corrected chi connectivity index (χ3v) is 1.50. The van der Waals surface area contributed by atoms with Crippen LogP contribution >= 0.6 is 0 Å². The molecule has 0 heterocycles. The minimum atomic E-state index is 0. The Balaban J connectivity index is 0.000000360. The van der Waals surface area contributed by atoms with E-state index in [0.717, 1.165) is 0 Å². The fraction of sp³-hybridized carbons (Fsp3) is 1.00. The van der Waals surface area contributed by atoms with Crippen LogP contribution in [0.3, 0.4) is 0 Å². The van der Waals surface area contributed by atoms with Crippen molar-refractivity contribution in [3.63, 3.8) is 0 Å². The van der Waals surface area contributed by atoms with Gasteiger partial charge in [-0.1, -0.05) is 38.5 Å². The average Bonchev–Trinajstić information content (AvgIpc) is 1.72. The predicted octanol–water partition coefficient (Wildman–Crippen LogP) is 1.42. The summed E-state index contributed by atoms with van der Waals surface area (Å²) in [5, 5.41) is 0. The Labute approximate surface area is 65.8 Å². The Morgan fingerprint density at radius 3 is 0.714 bits per heavy atom. The van der Waals surface area contributed by atoms with Gasteiger partial charge in [0.25, 0.3) is 0 Å². The first-order chi connectivity index (χ1) is 3.00. The van der Waals surface area contributed by atoms with Crippen molar-refractivity contribution < 1.29 is 0 Å². The summed E-state index contributed by atoms with van der Waals surface area (Å²) in [5.74, 6) is 0. The van der Waals surface area contributed by atoms with Gasteiger partial charge >= 0.3 is 27.3 Å². The van der Waals surface area contributed by atoms with E-state index >= 15 is 0 Å². The van der Waals surface area contributed by atoms with Gasteiger partial charge in [-0.25, -0.2) is 0 Å². The van der Waals surface area contributed by atoms with E-state index < -0.39 is 0 Å². The van der Waals surface area contributed by atoms with Crippen LogP contribution in [0.1, 0.15) is 38.5 Å². The van der Waals surface area contributed by atoms with Gasteiger partial charge in [-0.15, -0.1) is 0 Å². The van der Waals surface area contributed by atoms with Crippen LogP contribution in [0.15, 0.2) is 0 Å². The van der Waals surface area contributed by atoms with Crippen LogP contribution in [0.25, 0.3) is 0 Å². The van der Waals surface area contributed by atoms with E-state index in [1.807, 2.05) is 0 Å². The first-order valence-corrected chi connectivity index (χ1v) is 3.00. The summed E-state index contributed by atoms with van der Waals surface area (Å²) in [4.78, 5) is 0. The molecule has 7 heavy (non-hydrogen) atoms. The van der Waals surface area contributed by atoms with E-state index in [-0.39, 0.29) is 27.3 Å². The number of rotatable bonds is 0. The average molecular weight is 293 g/mol. The summed E-state index contributed by atoms with van der Waals surface area (Å²) in [6.45, 7) is 0. The van der Waals surface area contributed by atoms with Gasteiger partial charge in [0.15, 0.2) is 0 Å². The molecule has 1 saturated carbocycles. The van der Waals surface area contributed by atoms with Gasteiger partial charge < -0.3 is 0 Å². The third-order valence-electron chi connectivity index (χ3n) is 1.50. The van der Waals surface area contributed by atoms with Crippen LogP contribution in [0, 0.1) is 0 Å². The van der Waals surface area contributed by atoms with Crippen molar-refractivity contribution in [2.75, 3.05) is 0 Å². The third kappa shape index (κ3) is 3.50. The Kier molecular flexibility index (Phi) is 5.73. The quantitative estimate of drug-likeness (QED) is 0.593. The van der Waals surface area contributed by atoms with Crippen molar-refractivity contribution in [2.45, 2.75) is 38.5 Å². The zero-order valence-electron chi connectivity index (χ0n) is 4.95. The molecule has 1 rings (SSSR count). The normalized spacial score (nSPS) is 20.6. The molecule has 0 spiro atoms. The summed E-state index contributed by atoms with van der Waals surface area (Å²) in [6.07, 6.45) is 9.00. The Hall–Kier alpha value is 0.922. The SMILES string of the molecule is C1CCCCC1.[PbH2]. The Morgan fingerprint density at radius 2 is 0.571 bits per heavy atom. The first kappa shape index (κ1) is 7.92. The van der Waals surface area contributed by atoms with E-state index in [1.54, 1.807) is 0 Å². The molecule has 0 N–H and O–H groups in total. The second-order valence-corrected chi connectivity index (χ2v) is 2.12. The van der Waals surface area contributed by atoms with E-state index in [9.17, 15) is 0 Å². The summed E-state index contributed by atoms with van der Waals surface area (Å²) in [7, 11) is 0. The maximum absolute atomic E-state index is 1.50. The Bertz CT molecular complexity index is 19.7. The van der Waals surface area contributed by atoms with Gasteiger partial charge in [-0.2, -0.15) is 0 Å². The second-order valence-electron chi connectivity index (χ2n) is 2.12. The van der Waals surface area contributed by atoms with Gasteiger partial charge in [0.2, 0.25) is 0 Å². The molecule has 2 radical (unpaired) electrons. The van der Waals surface area contributed by atoms with Crippen molar-refractivity contribution in [1.29, 1.82) is 0 Å². The van der Waals surface area contributed by atoms with Crippen molar-refractivity contribution in [2.24, 2.45) is 0 Å². The van der Waals surface area contributed by atoms with Gasteiger partial charge in [0.1, 0.15) is 0 Å². The van der Waals surface area contributed by atoms with E-state index in [0.29, 0.717) is 0 Å². The predicted molar refractivity (Wildman–Crippen MR) is 36.2 cm³/mol. The van der Waals surface area contributed by atoms with Crippen LogP contribution in [0.4, 0.5) is 0 Å². The Morgan fingerprint density at radius 1 is 0.429 bits per heavy atom. The van der Waals surface area contributed by atoms with E-state index in [1.165, 1.54) is 38.5 Å². The first-order valence-electron chi connectivity index (χ1n) is 3.00. The van der Waals surface area contributed by atoms with Gasteiger partial charge in [-0.05, 0) is 0 Å². The molecular formula is C6H14Pb. The van der Waals surface area contributed by atoms with Gasteiger partial charge in [0.05, 0.1) is 0 Å². The van der Waals surface area contributed by atoms with Crippen LogP contribution in [0.5, 0.6) is 0 Å². The monoisotopic (exact) mass is 294 g/mol. The molecular weight excluding hydrogens is 279 g/mol. The van der Waals surface area contributed by atoms with Crippen molar-refractivity contribution in [3.05, 3.63) is 0 Å². The molecule has 0 atom stereocenters. The molecule has 0 bridgehead atoms. The molecule has 1 aliphatic rings. The molecule has 1 fully saturated rings. The topological polar surface area (TPSA) is 0 Å². The summed E-state index contributed by atoms with van der Waals surface area (Å²) >= 11 is 0. The van der Waals surface area contributed by atoms with Crippen LogP contribution in [-0.2, 0) is 0 Å². The minimum absolute atomic E-state index is 0. The molecule has 0 aromatic rings. The molecule has 1 heteroatoms. The van der Waals surface area contributed by atoms with Crippen LogP contribution in [0.2, 0.25) is 0 Å². The molecule has 0 aliphatic heterocycles. The molecule has 0 unspecified atom stereocenters. The summed E-state index contributed by atoms with van der Waals surface area (Å²) in [5.41, 5.74) is 0. The molecule has 0 aromatic carbocycles. The van der Waals surface area contributed by atoms with Crippen molar-refractivity contribution in [3.8, 4) is 0 Å².